The van der Waals surface area contributed by atoms with Gasteiger partial charge in [0.25, 0.3) is 0 Å². The smallest absolute Gasteiger partial charge is 0.140 e. The van der Waals surface area contributed by atoms with E-state index in [9.17, 15) is 0 Å². The van der Waals surface area contributed by atoms with Crippen molar-refractivity contribution in [2.75, 3.05) is 19.7 Å². The molecule has 4 heteroatoms. The van der Waals surface area contributed by atoms with E-state index in [4.69, 9.17) is 4.74 Å². The highest BCUT2D eigenvalue weighted by molar-refractivity contribution is 9.11. The number of nitrogens with one attached hydrogen (secondary N) is 1. The first kappa shape index (κ1) is 15.7. The molecule has 0 aliphatic carbocycles. The van der Waals surface area contributed by atoms with Crippen LogP contribution in [0, 0.1) is 0 Å². The maximum absolute atomic E-state index is 5.66. The van der Waals surface area contributed by atoms with E-state index in [1.165, 1.54) is 0 Å². The third-order valence-electron chi connectivity index (χ3n) is 2.31. The number of halogens is 2. The van der Waals surface area contributed by atoms with E-state index in [1.54, 1.807) is 0 Å². The fourth-order valence-electron chi connectivity index (χ4n) is 1.55. The third kappa shape index (κ3) is 5.12. The Hall–Kier alpha value is -0.320. The zero-order valence-corrected chi connectivity index (χ0v) is 14.0. The molecule has 0 aromatic heterocycles. The van der Waals surface area contributed by atoms with Crippen LogP contribution in [0.2, 0.25) is 0 Å². The van der Waals surface area contributed by atoms with Gasteiger partial charge in [-0.05, 0) is 48.0 Å². The van der Waals surface area contributed by atoms with Crippen LogP contribution in [0.15, 0.2) is 27.2 Å². The summed E-state index contributed by atoms with van der Waals surface area (Å²) in [5.41, 5.74) is 1.08. The second-order valence-electron chi connectivity index (χ2n) is 3.85. The Kier molecular flexibility index (Phi) is 7.63. The van der Waals surface area contributed by atoms with Crippen LogP contribution in [0.3, 0.4) is 0 Å². The van der Waals surface area contributed by atoms with Gasteiger partial charge in [0, 0.05) is 16.6 Å². The van der Waals surface area contributed by atoms with Crippen LogP contribution < -0.4 is 10.1 Å². The Morgan fingerprint density at radius 1 is 1.28 bits per heavy atom. The normalized spacial score (nSPS) is 11.1. The minimum Gasteiger partial charge on any atom is -0.492 e. The van der Waals surface area contributed by atoms with Gasteiger partial charge in [0.05, 0.1) is 11.1 Å². The van der Waals surface area contributed by atoms with Crippen molar-refractivity contribution in [2.24, 2.45) is 0 Å². The average Bonchev–Trinajstić information content (AvgIpc) is 2.33. The van der Waals surface area contributed by atoms with Crippen LogP contribution in [0.5, 0.6) is 5.75 Å². The molecule has 0 saturated carbocycles. The fourth-order valence-corrected chi connectivity index (χ4v) is 2.92. The average molecular weight is 377 g/mol. The quantitative estimate of drug-likeness (QED) is 0.701. The van der Waals surface area contributed by atoms with Gasteiger partial charge in [0.1, 0.15) is 5.75 Å². The van der Waals surface area contributed by atoms with Crippen molar-refractivity contribution in [3.05, 3.63) is 32.7 Å². The van der Waals surface area contributed by atoms with Gasteiger partial charge in [0.2, 0.25) is 0 Å². The molecule has 0 unspecified atom stereocenters. The largest absolute Gasteiger partial charge is 0.492 e. The van der Waals surface area contributed by atoms with E-state index in [1.807, 2.05) is 13.0 Å². The van der Waals surface area contributed by atoms with E-state index in [0.29, 0.717) is 6.61 Å². The highest BCUT2D eigenvalue weighted by atomic mass is 79.9. The lowest BCUT2D eigenvalue weighted by molar-refractivity contribution is 0.337. The van der Waals surface area contributed by atoms with Crippen LogP contribution in [0.1, 0.15) is 25.8 Å². The van der Waals surface area contributed by atoms with Crippen molar-refractivity contribution < 1.29 is 4.74 Å². The summed E-state index contributed by atoms with van der Waals surface area (Å²) in [5.74, 6) is 0.896. The van der Waals surface area contributed by atoms with Gasteiger partial charge in [-0.25, -0.2) is 0 Å². The van der Waals surface area contributed by atoms with Gasteiger partial charge in [-0.15, -0.1) is 0 Å². The second kappa shape index (κ2) is 8.73. The minimum atomic E-state index is 0.662. The van der Waals surface area contributed by atoms with Crippen LogP contribution in [-0.2, 0) is 0 Å². The molecule has 0 aliphatic heterocycles. The Bertz CT molecular complexity index is 405. The monoisotopic (exact) mass is 375 g/mol. The molecule has 0 amide bonds. The molecule has 0 fully saturated rings. The number of ether oxygens (including phenoxy) is 1. The summed E-state index contributed by atoms with van der Waals surface area (Å²) in [6, 6.07) is 4.06. The van der Waals surface area contributed by atoms with Crippen molar-refractivity contribution in [1.82, 2.24) is 5.32 Å². The summed E-state index contributed by atoms with van der Waals surface area (Å²) in [6.07, 6.45) is 5.36. The van der Waals surface area contributed by atoms with Gasteiger partial charge < -0.3 is 10.1 Å². The molecule has 1 aromatic rings. The molecular formula is C14H19Br2NO. The maximum atomic E-state index is 5.66. The zero-order chi connectivity index (χ0) is 13.4. The van der Waals surface area contributed by atoms with Gasteiger partial charge in [-0.3, -0.25) is 0 Å². The van der Waals surface area contributed by atoms with Gasteiger partial charge >= 0.3 is 0 Å². The van der Waals surface area contributed by atoms with E-state index in [0.717, 1.165) is 39.8 Å². The molecule has 0 heterocycles. The SMILES string of the molecule is CCCNCC=Cc1cc(Br)cc(Br)c1OCC. The predicted molar refractivity (Wildman–Crippen MR) is 85.2 cm³/mol. The van der Waals surface area contributed by atoms with E-state index in [2.05, 4.69) is 62.3 Å². The lowest BCUT2D eigenvalue weighted by Crippen LogP contribution is -2.13. The maximum Gasteiger partial charge on any atom is 0.140 e. The molecule has 18 heavy (non-hydrogen) atoms. The topological polar surface area (TPSA) is 21.3 Å². The number of rotatable bonds is 7. The lowest BCUT2D eigenvalue weighted by Gasteiger charge is -2.10. The molecule has 1 rings (SSSR count). The summed E-state index contributed by atoms with van der Waals surface area (Å²) in [4.78, 5) is 0. The summed E-state index contributed by atoms with van der Waals surface area (Å²) >= 11 is 7.03. The number of hydrogen-bond donors (Lipinski definition) is 1. The highest BCUT2D eigenvalue weighted by Crippen LogP contribution is 2.33. The van der Waals surface area contributed by atoms with Crippen molar-refractivity contribution in [3.63, 3.8) is 0 Å². The zero-order valence-electron chi connectivity index (χ0n) is 10.8. The van der Waals surface area contributed by atoms with Gasteiger partial charge in [-0.2, -0.15) is 0 Å². The van der Waals surface area contributed by atoms with Crippen molar-refractivity contribution in [2.45, 2.75) is 20.3 Å². The number of benzene rings is 1. The van der Waals surface area contributed by atoms with Gasteiger partial charge in [0.15, 0.2) is 0 Å². The Morgan fingerprint density at radius 3 is 2.72 bits per heavy atom. The van der Waals surface area contributed by atoms with E-state index >= 15 is 0 Å². The standard InChI is InChI=1S/C14H19Br2NO/c1-3-7-17-8-5-6-11-9-12(15)10-13(16)14(11)18-4-2/h5-6,9-10,17H,3-4,7-8H2,1-2H3. The van der Waals surface area contributed by atoms with Crippen molar-refractivity contribution in [1.29, 1.82) is 0 Å². The molecule has 1 N–H and O–H groups in total. The van der Waals surface area contributed by atoms with Crippen molar-refractivity contribution >= 4 is 37.9 Å². The van der Waals surface area contributed by atoms with Gasteiger partial charge in [-0.1, -0.05) is 35.0 Å². The Balaban J connectivity index is 2.79. The third-order valence-corrected chi connectivity index (χ3v) is 3.36. The lowest BCUT2D eigenvalue weighted by atomic mass is 10.2. The van der Waals surface area contributed by atoms with Crippen LogP contribution in [-0.4, -0.2) is 19.7 Å². The molecule has 0 spiro atoms. The summed E-state index contributed by atoms with van der Waals surface area (Å²) < 4.78 is 7.67. The molecule has 0 radical (unpaired) electrons. The molecule has 1 aromatic carbocycles. The Labute approximate surface area is 126 Å². The van der Waals surface area contributed by atoms with Crippen LogP contribution in [0.4, 0.5) is 0 Å². The summed E-state index contributed by atoms with van der Waals surface area (Å²) in [5, 5.41) is 3.33. The van der Waals surface area contributed by atoms with Crippen LogP contribution >= 0.6 is 31.9 Å². The molecule has 2 nitrogen and oxygen atoms in total. The molecule has 100 valence electrons. The molecule has 0 atom stereocenters. The highest BCUT2D eigenvalue weighted by Gasteiger charge is 2.07. The second-order valence-corrected chi connectivity index (χ2v) is 5.62. The van der Waals surface area contributed by atoms with Crippen LogP contribution in [0.25, 0.3) is 6.08 Å². The first-order valence-electron chi connectivity index (χ1n) is 6.18. The summed E-state index contributed by atoms with van der Waals surface area (Å²) in [7, 11) is 0. The molecule has 0 bridgehead atoms. The first-order chi connectivity index (χ1) is 8.69. The van der Waals surface area contributed by atoms with Crippen molar-refractivity contribution in [3.8, 4) is 5.75 Å². The van der Waals surface area contributed by atoms with E-state index < -0.39 is 0 Å². The minimum absolute atomic E-state index is 0.662. The Morgan fingerprint density at radius 2 is 2.06 bits per heavy atom. The molecule has 0 saturated heterocycles. The predicted octanol–water partition coefficient (Wildman–Crippen LogP) is 4.62. The number of hydrogen-bond acceptors (Lipinski definition) is 2. The molecular weight excluding hydrogens is 358 g/mol. The molecule has 0 aliphatic rings. The first-order valence-corrected chi connectivity index (χ1v) is 7.76. The fraction of sp³-hybridized carbons (Fsp3) is 0.429. The summed E-state index contributed by atoms with van der Waals surface area (Å²) in [6.45, 7) is 6.74. The van der Waals surface area contributed by atoms with E-state index in [-0.39, 0.29) is 0 Å².